The lowest BCUT2D eigenvalue weighted by Gasteiger charge is -2.21. The molecule has 1 fully saturated rings. The average Bonchev–Trinajstić information content (AvgIpc) is 3.27. The van der Waals surface area contributed by atoms with Gasteiger partial charge in [0.1, 0.15) is 6.04 Å². The Morgan fingerprint density at radius 2 is 1.93 bits per heavy atom. The third kappa shape index (κ3) is 5.06. The lowest BCUT2D eigenvalue weighted by Crippen LogP contribution is -2.43. The molecule has 0 spiro atoms. The Morgan fingerprint density at radius 3 is 2.60 bits per heavy atom. The maximum atomic E-state index is 12.6. The highest BCUT2D eigenvalue weighted by Gasteiger charge is 2.38. The standard InChI is InChI=1S/C22H30N4O4/c1-15-19(16(2)26(24-15)12-17-8-6-5-7-9-17)11-23-21(27)14-25-13-18(29-3)10-20(25)22(28)30-4/h5-9,18,20H,10-14H2,1-4H3,(H,23,27)/t18-,20+/m1/s1. The minimum absolute atomic E-state index is 0.0809. The maximum absolute atomic E-state index is 12.6. The van der Waals surface area contributed by atoms with E-state index >= 15 is 0 Å². The minimum atomic E-state index is -0.456. The van der Waals surface area contributed by atoms with Gasteiger partial charge in [-0.15, -0.1) is 0 Å². The largest absolute Gasteiger partial charge is 0.468 e. The molecule has 30 heavy (non-hydrogen) atoms. The molecule has 2 heterocycles. The van der Waals surface area contributed by atoms with Crippen molar-refractivity contribution in [3.8, 4) is 0 Å². The van der Waals surface area contributed by atoms with Crippen molar-refractivity contribution in [3.05, 3.63) is 52.8 Å². The fourth-order valence-corrected chi connectivity index (χ4v) is 3.92. The molecule has 3 rings (SSSR count). The van der Waals surface area contributed by atoms with Gasteiger partial charge in [0.2, 0.25) is 5.91 Å². The Hall–Kier alpha value is -2.71. The third-order valence-corrected chi connectivity index (χ3v) is 5.69. The van der Waals surface area contributed by atoms with E-state index in [0.717, 1.165) is 17.0 Å². The Morgan fingerprint density at radius 1 is 1.20 bits per heavy atom. The second-order valence-corrected chi connectivity index (χ2v) is 7.63. The molecule has 162 valence electrons. The van der Waals surface area contributed by atoms with E-state index in [1.165, 1.54) is 12.7 Å². The van der Waals surface area contributed by atoms with Gasteiger partial charge in [-0.2, -0.15) is 5.10 Å². The number of aromatic nitrogens is 2. The van der Waals surface area contributed by atoms with Crippen LogP contribution in [0.1, 0.15) is 28.9 Å². The smallest absolute Gasteiger partial charge is 0.323 e. The van der Waals surface area contributed by atoms with E-state index in [1.54, 1.807) is 7.11 Å². The lowest BCUT2D eigenvalue weighted by atomic mass is 10.2. The van der Waals surface area contributed by atoms with Gasteiger partial charge in [0.25, 0.3) is 0 Å². The Kier molecular flexibility index (Phi) is 7.23. The molecule has 1 amide bonds. The van der Waals surface area contributed by atoms with Gasteiger partial charge in [0.05, 0.1) is 32.0 Å². The topological polar surface area (TPSA) is 85.7 Å². The summed E-state index contributed by atoms with van der Waals surface area (Å²) in [6, 6.07) is 9.69. The van der Waals surface area contributed by atoms with Crippen LogP contribution in [0.4, 0.5) is 0 Å². The maximum Gasteiger partial charge on any atom is 0.323 e. The summed E-state index contributed by atoms with van der Waals surface area (Å²) in [5, 5.41) is 7.60. The number of benzene rings is 1. The SMILES string of the molecule is COC(=O)[C@@H]1C[C@@H](OC)CN1CC(=O)NCc1c(C)nn(Cc2ccccc2)c1C. The van der Waals surface area contributed by atoms with Crippen LogP contribution >= 0.6 is 0 Å². The van der Waals surface area contributed by atoms with Gasteiger partial charge >= 0.3 is 5.97 Å². The van der Waals surface area contributed by atoms with Gasteiger partial charge < -0.3 is 14.8 Å². The summed E-state index contributed by atoms with van der Waals surface area (Å²) in [7, 11) is 2.97. The van der Waals surface area contributed by atoms with Crippen LogP contribution in [0.5, 0.6) is 0 Å². The van der Waals surface area contributed by atoms with Crippen molar-refractivity contribution in [2.45, 2.75) is 45.5 Å². The number of aryl methyl sites for hydroxylation is 1. The molecule has 0 unspecified atom stereocenters. The molecule has 0 aliphatic carbocycles. The number of methoxy groups -OCH3 is 2. The van der Waals surface area contributed by atoms with Crippen molar-refractivity contribution < 1.29 is 19.1 Å². The van der Waals surface area contributed by atoms with Crippen molar-refractivity contribution in [3.63, 3.8) is 0 Å². The molecule has 1 aromatic heterocycles. The normalized spacial score (nSPS) is 19.1. The summed E-state index contributed by atoms with van der Waals surface area (Å²) in [6.07, 6.45) is 0.448. The molecule has 1 aliphatic heterocycles. The molecule has 0 bridgehead atoms. The van der Waals surface area contributed by atoms with Gasteiger partial charge in [-0.25, -0.2) is 0 Å². The number of nitrogens with zero attached hydrogens (tertiary/aromatic N) is 3. The summed E-state index contributed by atoms with van der Waals surface area (Å²) >= 11 is 0. The van der Waals surface area contributed by atoms with E-state index in [2.05, 4.69) is 22.5 Å². The highest BCUT2D eigenvalue weighted by molar-refractivity contribution is 5.81. The van der Waals surface area contributed by atoms with Crippen LogP contribution in [0, 0.1) is 13.8 Å². The molecular weight excluding hydrogens is 384 g/mol. The summed E-state index contributed by atoms with van der Waals surface area (Å²) < 4.78 is 12.2. The van der Waals surface area contributed by atoms with Crippen molar-refractivity contribution in [2.75, 3.05) is 27.3 Å². The van der Waals surface area contributed by atoms with Crippen LogP contribution in [0.2, 0.25) is 0 Å². The van der Waals surface area contributed by atoms with Crippen LogP contribution in [-0.4, -0.2) is 66.0 Å². The molecule has 8 heteroatoms. The predicted octanol–water partition coefficient (Wildman–Crippen LogP) is 1.43. The van der Waals surface area contributed by atoms with Crippen molar-refractivity contribution in [1.82, 2.24) is 20.0 Å². The molecule has 0 saturated carbocycles. The number of likely N-dealkylation sites (tertiary alicyclic amines) is 1. The van der Waals surface area contributed by atoms with Crippen LogP contribution in [0.25, 0.3) is 0 Å². The summed E-state index contributed by atoms with van der Waals surface area (Å²) in [6.45, 7) is 5.70. The first kappa shape index (κ1) is 22.0. The monoisotopic (exact) mass is 414 g/mol. The van der Waals surface area contributed by atoms with Crippen molar-refractivity contribution >= 4 is 11.9 Å². The van der Waals surface area contributed by atoms with E-state index < -0.39 is 6.04 Å². The van der Waals surface area contributed by atoms with Gasteiger partial charge in [-0.3, -0.25) is 19.2 Å². The lowest BCUT2D eigenvalue weighted by molar-refractivity contribution is -0.146. The number of nitrogens with one attached hydrogen (secondary N) is 1. The Balaban J connectivity index is 1.60. The predicted molar refractivity (Wildman–Crippen MR) is 112 cm³/mol. The van der Waals surface area contributed by atoms with Crippen molar-refractivity contribution in [1.29, 1.82) is 0 Å². The molecule has 0 radical (unpaired) electrons. The van der Waals surface area contributed by atoms with E-state index in [4.69, 9.17) is 9.47 Å². The fraction of sp³-hybridized carbons (Fsp3) is 0.500. The Labute approximate surface area is 177 Å². The highest BCUT2D eigenvalue weighted by Crippen LogP contribution is 2.21. The van der Waals surface area contributed by atoms with Gasteiger partial charge in [-0.1, -0.05) is 30.3 Å². The van der Waals surface area contributed by atoms with Crippen LogP contribution < -0.4 is 5.32 Å². The molecular formula is C22H30N4O4. The average molecular weight is 415 g/mol. The first-order chi connectivity index (χ1) is 14.4. The first-order valence-corrected chi connectivity index (χ1v) is 10.1. The molecule has 1 aromatic carbocycles. The molecule has 2 aromatic rings. The van der Waals surface area contributed by atoms with Crippen LogP contribution in [-0.2, 0) is 32.2 Å². The number of carbonyl (C=O) groups is 2. The zero-order valence-corrected chi connectivity index (χ0v) is 18.1. The van der Waals surface area contributed by atoms with Gasteiger partial charge in [-0.05, 0) is 19.4 Å². The summed E-state index contributed by atoms with van der Waals surface area (Å²) in [5.74, 6) is -0.480. The number of amides is 1. The molecule has 1 saturated heterocycles. The van der Waals surface area contributed by atoms with E-state index in [-0.39, 0.29) is 24.5 Å². The number of hydrogen-bond acceptors (Lipinski definition) is 6. The third-order valence-electron chi connectivity index (χ3n) is 5.69. The molecule has 8 nitrogen and oxygen atoms in total. The molecule has 2 atom stereocenters. The second-order valence-electron chi connectivity index (χ2n) is 7.63. The minimum Gasteiger partial charge on any atom is -0.468 e. The first-order valence-electron chi connectivity index (χ1n) is 10.1. The van der Waals surface area contributed by atoms with Crippen molar-refractivity contribution in [2.24, 2.45) is 0 Å². The zero-order chi connectivity index (χ0) is 21.7. The molecule has 1 aliphatic rings. The van der Waals surface area contributed by atoms with E-state index in [9.17, 15) is 9.59 Å². The Bertz CT molecular complexity index is 881. The van der Waals surface area contributed by atoms with Crippen LogP contribution in [0.3, 0.4) is 0 Å². The van der Waals surface area contributed by atoms with Gasteiger partial charge in [0.15, 0.2) is 0 Å². The number of ether oxygens (including phenoxy) is 2. The highest BCUT2D eigenvalue weighted by atomic mass is 16.5. The zero-order valence-electron chi connectivity index (χ0n) is 18.1. The van der Waals surface area contributed by atoms with E-state index in [1.807, 2.05) is 41.6 Å². The number of hydrogen-bond donors (Lipinski definition) is 1. The number of esters is 1. The second kappa shape index (κ2) is 9.86. The summed E-state index contributed by atoms with van der Waals surface area (Å²) in [4.78, 5) is 26.4. The van der Waals surface area contributed by atoms with Gasteiger partial charge in [0, 0.05) is 37.9 Å². The summed E-state index contributed by atoms with van der Waals surface area (Å²) in [5.41, 5.74) is 4.12. The number of carbonyl (C=O) groups excluding carboxylic acids is 2. The van der Waals surface area contributed by atoms with Crippen LogP contribution in [0.15, 0.2) is 30.3 Å². The number of rotatable bonds is 8. The fourth-order valence-electron chi connectivity index (χ4n) is 3.92. The van der Waals surface area contributed by atoms with E-state index in [0.29, 0.717) is 26.1 Å². The quantitative estimate of drug-likeness (QED) is 0.658. The molecule has 1 N–H and O–H groups in total.